The summed E-state index contributed by atoms with van der Waals surface area (Å²) < 4.78 is 5.86. The van der Waals surface area contributed by atoms with Crippen molar-refractivity contribution in [2.75, 3.05) is 32.8 Å². The zero-order valence-corrected chi connectivity index (χ0v) is 17.9. The van der Waals surface area contributed by atoms with Crippen molar-refractivity contribution in [2.24, 2.45) is 0 Å². The molecule has 2 aromatic carbocycles. The number of hydrogen-bond donors (Lipinski definition) is 0. The fourth-order valence-corrected chi connectivity index (χ4v) is 3.57. The molecule has 0 saturated carbocycles. The fourth-order valence-electron chi connectivity index (χ4n) is 3.40. The molecule has 2 amide bonds. The van der Waals surface area contributed by atoms with Gasteiger partial charge in [0.1, 0.15) is 5.75 Å². The summed E-state index contributed by atoms with van der Waals surface area (Å²) in [6.07, 6.45) is 0. The number of aryl methyl sites for hydroxylation is 1. The summed E-state index contributed by atoms with van der Waals surface area (Å²) in [7, 11) is 0. The van der Waals surface area contributed by atoms with E-state index in [2.05, 4.69) is 13.8 Å². The van der Waals surface area contributed by atoms with Crippen LogP contribution < -0.4 is 4.74 Å². The topological polar surface area (TPSA) is 49.9 Å². The Morgan fingerprint density at radius 2 is 1.66 bits per heavy atom. The van der Waals surface area contributed by atoms with Crippen LogP contribution in [-0.4, -0.2) is 54.4 Å². The van der Waals surface area contributed by atoms with Crippen molar-refractivity contribution in [1.82, 2.24) is 9.80 Å². The molecule has 6 heteroatoms. The maximum atomic E-state index is 12.6. The summed E-state index contributed by atoms with van der Waals surface area (Å²) in [6, 6.07) is 13.0. The van der Waals surface area contributed by atoms with Gasteiger partial charge >= 0.3 is 0 Å². The lowest BCUT2D eigenvalue weighted by atomic mass is 10.0. The molecule has 0 aromatic heterocycles. The summed E-state index contributed by atoms with van der Waals surface area (Å²) in [4.78, 5) is 28.7. The van der Waals surface area contributed by atoms with E-state index < -0.39 is 0 Å². The Balaban J connectivity index is 1.56. The van der Waals surface area contributed by atoms with Gasteiger partial charge in [0.15, 0.2) is 6.61 Å². The minimum atomic E-state index is -0.0703. The van der Waals surface area contributed by atoms with Crippen molar-refractivity contribution in [3.8, 4) is 5.75 Å². The normalized spacial score (nSPS) is 14.2. The van der Waals surface area contributed by atoms with Gasteiger partial charge in [-0.1, -0.05) is 43.6 Å². The molecule has 1 aliphatic heterocycles. The number of carbonyl (C=O) groups excluding carboxylic acids is 2. The standard InChI is InChI=1S/C23H27ClN2O3/c1-16(2)19-14-20(24)17(3)13-21(19)29-15-22(27)25-9-11-26(12-10-25)23(28)18-7-5-4-6-8-18/h4-8,13-14,16H,9-12,15H2,1-3H3. The number of benzene rings is 2. The van der Waals surface area contributed by atoms with Crippen LogP contribution in [0.2, 0.25) is 5.02 Å². The summed E-state index contributed by atoms with van der Waals surface area (Å²) >= 11 is 6.23. The van der Waals surface area contributed by atoms with Gasteiger partial charge in [-0.25, -0.2) is 0 Å². The molecule has 3 rings (SSSR count). The molecule has 1 saturated heterocycles. The Morgan fingerprint density at radius 3 is 2.28 bits per heavy atom. The lowest BCUT2D eigenvalue weighted by Crippen LogP contribution is -2.51. The lowest BCUT2D eigenvalue weighted by Gasteiger charge is -2.34. The second-order valence-electron chi connectivity index (χ2n) is 7.62. The van der Waals surface area contributed by atoms with E-state index in [1.165, 1.54) is 0 Å². The molecule has 154 valence electrons. The number of piperazine rings is 1. The van der Waals surface area contributed by atoms with E-state index in [4.69, 9.17) is 16.3 Å². The van der Waals surface area contributed by atoms with Gasteiger partial charge in [-0.3, -0.25) is 9.59 Å². The third-order valence-electron chi connectivity index (χ3n) is 5.20. The van der Waals surface area contributed by atoms with E-state index >= 15 is 0 Å². The van der Waals surface area contributed by atoms with Gasteiger partial charge in [0.05, 0.1) is 0 Å². The predicted octanol–water partition coefficient (Wildman–Crippen LogP) is 4.14. The highest BCUT2D eigenvalue weighted by Gasteiger charge is 2.25. The third-order valence-corrected chi connectivity index (χ3v) is 5.61. The van der Waals surface area contributed by atoms with Gasteiger partial charge in [0.25, 0.3) is 11.8 Å². The summed E-state index contributed by atoms with van der Waals surface area (Å²) in [6.45, 7) is 8.11. The first-order chi connectivity index (χ1) is 13.9. The van der Waals surface area contributed by atoms with Crippen molar-refractivity contribution >= 4 is 23.4 Å². The van der Waals surface area contributed by atoms with Gasteiger partial charge in [-0.2, -0.15) is 0 Å². The number of rotatable bonds is 5. The van der Waals surface area contributed by atoms with Crippen LogP contribution in [0.25, 0.3) is 0 Å². The van der Waals surface area contributed by atoms with Gasteiger partial charge in [-0.05, 0) is 48.2 Å². The van der Waals surface area contributed by atoms with Crippen molar-refractivity contribution < 1.29 is 14.3 Å². The maximum Gasteiger partial charge on any atom is 0.260 e. The van der Waals surface area contributed by atoms with Gasteiger partial charge < -0.3 is 14.5 Å². The van der Waals surface area contributed by atoms with Crippen molar-refractivity contribution in [1.29, 1.82) is 0 Å². The minimum Gasteiger partial charge on any atom is -0.483 e. The Morgan fingerprint density at radius 1 is 1.03 bits per heavy atom. The SMILES string of the molecule is Cc1cc(OCC(=O)N2CCN(C(=O)c3ccccc3)CC2)c(C(C)C)cc1Cl. The lowest BCUT2D eigenvalue weighted by molar-refractivity contribution is -0.134. The van der Waals surface area contributed by atoms with Crippen molar-refractivity contribution in [2.45, 2.75) is 26.7 Å². The predicted molar refractivity (Wildman–Crippen MR) is 115 cm³/mol. The maximum absolute atomic E-state index is 12.6. The van der Waals surface area contributed by atoms with Crippen molar-refractivity contribution in [3.05, 3.63) is 64.2 Å². The van der Waals surface area contributed by atoms with Crippen LogP contribution >= 0.6 is 11.6 Å². The van der Waals surface area contributed by atoms with E-state index in [0.717, 1.165) is 11.1 Å². The first-order valence-corrected chi connectivity index (χ1v) is 10.3. The Bertz CT molecular complexity index is 875. The number of hydrogen-bond acceptors (Lipinski definition) is 3. The van der Waals surface area contributed by atoms with Gasteiger partial charge in [0.2, 0.25) is 0 Å². The fraction of sp³-hybridized carbons (Fsp3) is 0.391. The Hall–Kier alpha value is -2.53. The monoisotopic (exact) mass is 414 g/mol. The average molecular weight is 415 g/mol. The molecule has 0 aliphatic carbocycles. The molecule has 29 heavy (non-hydrogen) atoms. The zero-order chi connectivity index (χ0) is 21.0. The van der Waals surface area contributed by atoms with E-state index in [9.17, 15) is 9.59 Å². The summed E-state index contributed by atoms with van der Waals surface area (Å²) in [5.74, 6) is 0.880. The van der Waals surface area contributed by atoms with Crippen molar-refractivity contribution in [3.63, 3.8) is 0 Å². The minimum absolute atomic E-state index is 0.00663. The molecular formula is C23H27ClN2O3. The number of ether oxygens (including phenoxy) is 1. The van der Waals surface area contributed by atoms with Crippen LogP contribution in [0.4, 0.5) is 0 Å². The van der Waals surface area contributed by atoms with E-state index in [1.807, 2.05) is 49.4 Å². The van der Waals surface area contributed by atoms with Crippen LogP contribution in [-0.2, 0) is 4.79 Å². The first kappa shape index (κ1) is 21.2. The number of amides is 2. The highest BCUT2D eigenvalue weighted by atomic mass is 35.5. The molecule has 0 atom stereocenters. The second-order valence-corrected chi connectivity index (χ2v) is 8.03. The Kier molecular flexibility index (Phi) is 6.80. The van der Waals surface area contributed by atoms with Crippen LogP contribution in [0, 0.1) is 6.92 Å². The van der Waals surface area contributed by atoms with E-state index in [1.54, 1.807) is 9.80 Å². The molecule has 1 aliphatic rings. The van der Waals surface area contributed by atoms with Gasteiger partial charge in [0, 0.05) is 36.8 Å². The Labute approximate surface area is 177 Å². The smallest absolute Gasteiger partial charge is 0.260 e. The van der Waals surface area contributed by atoms with Crippen LogP contribution in [0.1, 0.15) is 41.3 Å². The van der Waals surface area contributed by atoms with E-state index in [-0.39, 0.29) is 24.3 Å². The van der Waals surface area contributed by atoms with Crippen LogP contribution in [0.15, 0.2) is 42.5 Å². The third kappa shape index (κ3) is 5.10. The first-order valence-electron chi connectivity index (χ1n) is 9.91. The largest absolute Gasteiger partial charge is 0.483 e. The summed E-state index contributed by atoms with van der Waals surface area (Å²) in [5, 5.41) is 0.701. The second kappa shape index (κ2) is 9.31. The van der Waals surface area contributed by atoms with Crippen LogP contribution in [0.3, 0.4) is 0 Å². The quantitative estimate of drug-likeness (QED) is 0.738. The van der Waals surface area contributed by atoms with Gasteiger partial charge in [-0.15, -0.1) is 0 Å². The van der Waals surface area contributed by atoms with E-state index in [0.29, 0.717) is 42.5 Å². The molecule has 0 N–H and O–H groups in total. The average Bonchev–Trinajstić information content (AvgIpc) is 2.74. The highest BCUT2D eigenvalue weighted by molar-refractivity contribution is 6.31. The highest BCUT2D eigenvalue weighted by Crippen LogP contribution is 2.32. The molecule has 5 nitrogen and oxygen atoms in total. The number of carbonyl (C=O) groups is 2. The molecule has 0 spiro atoms. The number of halogens is 1. The molecular weight excluding hydrogens is 388 g/mol. The summed E-state index contributed by atoms with van der Waals surface area (Å²) in [5.41, 5.74) is 2.59. The number of nitrogens with zero attached hydrogens (tertiary/aromatic N) is 2. The zero-order valence-electron chi connectivity index (χ0n) is 17.2. The molecule has 2 aromatic rings. The molecule has 0 unspecified atom stereocenters. The molecule has 0 bridgehead atoms. The molecule has 1 fully saturated rings. The molecule has 0 radical (unpaired) electrons. The van der Waals surface area contributed by atoms with Crippen LogP contribution in [0.5, 0.6) is 5.75 Å². The molecule has 1 heterocycles.